The van der Waals surface area contributed by atoms with Crippen molar-refractivity contribution in [2.75, 3.05) is 18.4 Å². The van der Waals surface area contributed by atoms with Crippen molar-refractivity contribution in [3.05, 3.63) is 54.5 Å². The van der Waals surface area contributed by atoms with Gasteiger partial charge in [0.25, 0.3) is 0 Å². The van der Waals surface area contributed by atoms with Crippen molar-refractivity contribution in [2.24, 2.45) is 0 Å². The summed E-state index contributed by atoms with van der Waals surface area (Å²) < 4.78 is 29.0. The second kappa shape index (κ2) is 9.19. The molecule has 0 atom stereocenters. The molecule has 0 aliphatic carbocycles. The van der Waals surface area contributed by atoms with Crippen LogP contribution < -0.4 is 15.4 Å². The van der Waals surface area contributed by atoms with Gasteiger partial charge < -0.3 is 15.4 Å². The lowest BCUT2D eigenvalue weighted by Gasteiger charge is -2.07. The first-order chi connectivity index (χ1) is 11.6. The maximum atomic E-state index is 12.3. The number of anilines is 1. The summed E-state index contributed by atoms with van der Waals surface area (Å²) in [5.41, 5.74) is 0.394. The number of para-hydroxylation sites is 1. The standard InChI is InChI=1S/C16H16F2N4O2/c17-16(18)24-13-4-2-1-3-12(13)5-6-15(23)22-10-9-21-14-11-19-7-8-20-14/h1-8,11,16H,9-10H2,(H,20,21)(H,22,23)/b6-5+. The van der Waals surface area contributed by atoms with Crippen molar-refractivity contribution in [1.29, 1.82) is 0 Å². The molecule has 0 radical (unpaired) electrons. The predicted octanol–water partition coefficient (Wildman–Crippen LogP) is 2.32. The molecular weight excluding hydrogens is 318 g/mol. The van der Waals surface area contributed by atoms with Crippen LogP contribution >= 0.6 is 0 Å². The zero-order valence-corrected chi connectivity index (χ0v) is 12.7. The SMILES string of the molecule is O=C(/C=C/c1ccccc1OC(F)F)NCCNc1cnccn1. The number of alkyl halides is 2. The summed E-state index contributed by atoms with van der Waals surface area (Å²) in [4.78, 5) is 19.6. The molecule has 0 aliphatic rings. The van der Waals surface area contributed by atoms with Crippen molar-refractivity contribution in [3.8, 4) is 5.75 Å². The summed E-state index contributed by atoms with van der Waals surface area (Å²) in [7, 11) is 0. The van der Waals surface area contributed by atoms with Crippen LogP contribution in [0.25, 0.3) is 6.08 Å². The summed E-state index contributed by atoms with van der Waals surface area (Å²) in [5.74, 6) is 0.282. The number of nitrogens with zero attached hydrogens (tertiary/aromatic N) is 2. The molecule has 2 rings (SSSR count). The molecule has 24 heavy (non-hydrogen) atoms. The van der Waals surface area contributed by atoms with Crippen LogP contribution in [0.4, 0.5) is 14.6 Å². The third-order valence-electron chi connectivity index (χ3n) is 2.84. The summed E-state index contributed by atoms with van der Waals surface area (Å²) in [6.07, 6.45) is 7.37. The second-order valence-corrected chi connectivity index (χ2v) is 4.56. The molecule has 0 fully saturated rings. The summed E-state index contributed by atoms with van der Waals surface area (Å²) in [6, 6.07) is 6.24. The minimum absolute atomic E-state index is 0.0147. The maximum absolute atomic E-state index is 12.3. The van der Waals surface area contributed by atoms with E-state index in [1.54, 1.807) is 36.8 Å². The second-order valence-electron chi connectivity index (χ2n) is 4.56. The van der Waals surface area contributed by atoms with E-state index in [1.807, 2.05) is 0 Å². The van der Waals surface area contributed by atoms with Crippen LogP contribution in [0.3, 0.4) is 0 Å². The van der Waals surface area contributed by atoms with Crippen LogP contribution in [0.1, 0.15) is 5.56 Å². The molecular formula is C16H16F2N4O2. The fourth-order valence-electron chi connectivity index (χ4n) is 1.81. The molecule has 2 aromatic rings. The topological polar surface area (TPSA) is 76.1 Å². The smallest absolute Gasteiger partial charge is 0.387 e. The molecule has 1 aromatic heterocycles. The Balaban J connectivity index is 1.79. The number of hydrogen-bond acceptors (Lipinski definition) is 5. The molecule has 0 aliphatic heterocycles. The van der Waals surface area contributed by atoms with Crippen LogP contribution in [0.5, 0.6) is 5.75 Å². The zero-order valence-electron chi connectivity index (χ0n) is 12.7. The Hall–Kier alpha value is -3.03. The molecule has 6 nitrogen and oxygen atoms in total. The van der Waals surface area contributed by atoms with E-state index >= 15 is 0 Å². The van der Waals surface area contributed by atoms with Gasteiger partial charge >= 0.3 is 6.61 Å². The van der Waals surface area contributed by atoms with E-state index in [4.69, 9.17) is 0 Å². The lowest BCUT2D eigenvalue weighted by atomic mass is 10.2. The van der Waals surface area contributed by atoms with E-state index in [0.29, 0.717) is 24.5 Å². The van der Waals surface area contributed by atoms with Crippen LogP contribution in [0, 0.1) is 0 Å². The Bertz CT molecular complexity index is 681. The molecule has 2 N–H and O–H groups in total. The summed E-state index contributed by atoms with van der Waals surface area (Å²) in [5, 5.41) is 5.65. The van der Waals surface area contributed by atoms with E-state index in [0.717, 1.165) is 0 Å². The van der Waals surface area contributed by atoms with Gasteiger partial charge in [0.2, 0.25) is 5.91 Å². The van der Waals surface area contributed by atoms with Crippen LogP contribution in [0.15, 0.2) is 48.9 Å². The van der Waals surface area contributed by atoms with Crippen molar-refractivity contribution in [1.82, 2.24) is 15.3 Å². The van der Waals surface area contributed by atoms with E-state index < -0.39 is 6.61 Å². The van der Waals surface area contributed by atoms with Crippen molar-refractivity contribution >= 4 is 17.8 Å². The van der Waals surface area contributed by atoms with Gasteiger partial charge in [-0.2, -0.15) is 8.78 Å². The Morgan fingerprint density at radius 1 is 1.25 bits per heavy atom. The Kier molecular flexibility index (Phi) is 6.63. The van der Waals surface area contributed by atoms with E-state index in [9.17, 15) is 13.6 Å². The van der Waals surface area contributed by atoms with Gasteiger partial charge in [-0.05, 0) is 12.1 Å². The van der Waals surface area contributed by atoms with Crippen molar-refractivity contribution < 1.29 is 18.3 Å². The van der Waals surface area contributed by atoms with Crippen LogP contribution in [0.2, 0.25) is 0 Å². The number of aromatic nitrogens is 2. The number of amides is 1. The fourth-order valence-corrected chi connectivity index (χ4v) is 1.81. The van der Waals surface area contributed by atoms with Gasteiger partial charge in [0.05, 0.1) is 6.20 Å². The molecule has 0 unspecified atom stereocenters. The normalized spacial score (nSPS) is 10.8. The largest absolute Gasteiger partial charge is 0.434 e. The maximum Gasteiger partial charge on any atom is 0.387 e. The number of ether oxygens (including phenoxy) is 1. The molecule has 8 heteroatoms. The highest BCUT2D eigenvalue weighted by Gasteiger charge is 2.07. The number of hydrogen-bond donors (Lipinski definition) is 2. The van der Waals surface area contributed by atoms with Crippen molar-refractivity contribution in [3.63, 3.8) is 0 Å². The van der Waals surface area contributed by atoms with Gasteiger partial charge in [0.15, 0.2) is 0 Å². The zero-order chi connectivity index (χ0) is 17.2. The third-order valence-corrected chi connectivity index (χ3v) is 2.84. The monoisotopic (exact) mass is 334 g/mol. The highest BCUT2D eigenvalue weighted by atomic mass is 19.3. The summed E-state index contributed by atoms with van der Waals surface area (Å²) >= 11 is 0. The number of halogens is 2. The molecule has 126 valence electrons. The molecule has 1 heterocycles. The average molecular weight is 334 g/mol. The van der Waals surface area contributed by atoms with Gasteiger partial charge in [-0.15, -0.1) is 0 Å². The molecule has 0 saturated carbocycles. The molecule has 1 aromatic carbocycles. The van der Waals surface area contributed by atoms with Gasteiger partial charge in [-0.3, -0.25) is 9.78 Å². The lowest BCUT2D eigenvalue weighted by Crippen LogP contribution is -2.27. The third kappa shape index (κ3) is 5.99. The minimum atomic E-state index is -2.92. The summed E-state index contributed by atoms with van der Waals surface area (Å²) in [6.45, 7) is -2.07. The lowest BCUT2D eigenvalue weighted by molar-refractivity contribution is -0.116. The average Bonchev–Trinajstić information content (AvgIpc) is 2.58. The molecule has 1 amide bonds. The Labute approximate surface area is 137 Å². The van der Waals surface area contributed by atoms with Gasteiger partial charge in [-0.1, -0.05) is 18.2 Å². The number of carbonyl (C=O) groups excluding carboxylic acids is 1. The van der Waals surface area contributed by atoms with E-state index in [2.05, 4.69) is 25.3 Å². The highest BCUT2D eigenvalue weighted by molar-refractivity contribution is 5.92. The van der Waals surface area contributed by atoms with E-state index in [1.165, 1.54) is 18.2 Å². The number of benzene rings is 1. The first kappa shape index (κ1) is 17.3. The van der Waals surface area contributed by atoms with Crippen LogP contribution in [-0.4, -0.2) is 35.6 Å². The highest BCUT2D eigenvalue weighted by Crippen LogP contribution is 2.21. The fraction of sp³-hybridized carbons (Fsp3) is 0.188. The van der Waals surface area contributed by atoms with Gasteiger partial charge in [0, 0.05) is 37.1 Å². The quantitative estimate of drug-likeness (QED) is 0.572. The first-order valence-electron chi connectivity index (χ1n) is 7.15. The molecule has 0 saturated heterocycles. The number of nitrogens with one attached hydrogen (secondary N) is 2. The predicted molar refractivity (Wildman–Crippen MR) is 85.6 cm³/mol. The van der Waals surface area contributed by atoms with Crippen LogP contribution in [-0.2, 0) is 4.79 Å². The Morgan fingerprint density at radius 3 is 2.83 bits per heavy atom. The molecule has 0 bridgehead atoms. The number of carbonyl (C=O) groups is 1. The molecule has 0 spiro atoms. The Morgan fingerprint density at radius 2 is 2.08 bits per heavy atom. The minimum Gasteiger partial charge on any atom is -0.434 e. The van der Waals surface area contributed by atoms with Crippen molar-refractivity contribution in [2.45, 2.75) is 6.61 Å². The first-order valence-corrected chi connectivity index (χ1v) is 7.15. The number of rotatable bonds is 8. The van der Waals surface area contributed by atoms with Gasteiger partial charge in [0.1, 0.15) is 11.6 Å². The van der Waals surface area contributed by atoms with E-state index in [-0.39, 0.29) is 11.7 Å². The van der Waals surface area contributed by atoms with Gasteiger partial charge in [-0.25, -0.2) is 4.98 Å².